The largest absolute Gasteiger partial charge is 0.496 e. The zero-order chi connectivity index (χ0) is 21.6. The molecule has 0 spiro atoms. The summed E-state index contributed by atoms with van der Waals surface area (Å²) in [6.45, 7) is 0.549. The fourth-order valence-corrected chi connectivity index (χ4v) is 3.94. The molecule has 1 N–H and O–H groups in total. The number of ether oxygens (including phenoxy) is 1. The summed E-state index contributed by atoms with van der Waals surface area (Å²) < 4.78 is 31.2. The molecule has 0 saturated heterocycles. The van der Waals surface area contributed by atoms with Crippen LogP contribution in [-0.2, 0) is 23.1 Å². The molecule has 0 heterocycles. The highest BCUT2D eigenvalue weighted by molar-refractivity contribution is 7.92. The molecule has 1 amide bonds. The van der Waals surface area contributed by atoms with Crippen molar-refractivity contribution in [3.63, 3.8) is 0 Å². The summed E-state index contributed by atoms with van der Waals surface area (Å²) in [5, 5.41) is 2.86. The third-order valence-electron chi connectivity index (χ3n) is 4.62. The number of para-hydroxylation sites is 1. The molecular formula is C23H24N2O4S. The van der Waals surface area contributed by atoms with Crippen LogP contribution in [0.3, 0.4) is 0 Å². The lowest BCUT2D eigenvalue weighted by Gasteiger charge is -2.22. The molecule has 0 aliphatic carbocycles. The predicted molar refractivity (Wildman–Crippen MR) is 118 cm³/mol. The molecule has 0 fully saturated rings. The first-order chi connectivity index (χ1) is 14.4. The fourth-order valence-electron chi connectivity index (χ4n) is 3.05. The maximum absolute atomic E-state index is 12.5. The van der Waals surface area contributed by atoms with Gasteiger partial charge in [0.15, 0.2) is 0 Å². The number of rotatable bonds is 8. The second kappa shape index (κ2) is 9.45. The normalized spacial score (nSPS) is 11.0. The van der Waals surface area contributed by atoms with Crippen LogP contribution in [0.5, 0.6) is 5.75 Å². The predicted octanol–water partition coefficient (Wildman–Crippen LogP) is 3.59. The van der Waals surface area contributed by atoms with Crippen LogP contribution in [0.1, 0.15) is 21.5 Å². The van der Waals surface area contributed by atoms with E-state index in [2.05, 4.69) is 5.32 Å². The fraction of sp³-hybridized carbons (Fsp3) is 0.174. The van der Waals surface area contributed by atoms with Gasteiger partial charge in [-0.05, 0) is 35.9 Å². The number of hydrogen-bond donors (Lipinski definition) is 1. The lowest BCUT2D eigenvalue weighted by molar-refractivity contribution is 0.0950. The Kier molecular flexibility index (Phi) is 6.74. The second-order valence-corrected chi connectivity index (χ2v) is 8.70. The molecule has 0 unspecified atom stereocenters. The number of amides is 1. The number of anilines is 1. The molecule has 3 aromatic rings. The summed E-state index contributed by atoms with van der Waals surface area (Å²) in [6.07, 6.45) is 1.17. The summed E-state index contributed by atoms with van der Waals surface area (Å²) in [5.41, 5.74) is 2.70. The Morgan fingerprint density at radius 1 is 0.933 bits per heavy atom. The number of carbonyl (C=O) groups excluding carboxylic acids is 1. The quantitative estimate of drug-likeness (QED) is 0.600. The molecule has 6 nitrogen and oxygen atoms in total. The number of nitrogens with zero attached hydrogens (tertiary/aromatic N) is 1. The first kappa shape index (κ1) is 21.4. The van der Waals surface area contributed by atoms with Gasteiger partial charge in [0.25, 0.3) is 5.91 Å². The topological polar surface area (TPSA) is 75.7 Å². The maximum Gasteiger partial charge on any atom is 0.251 e. The van der Waals surface area contributed by atoms with Crippen molar-refractivity contribution in [2.75, 3.05) is 17.7 Å². The van der Waals surface area contributed by atoms with Crippen LogP contribution >= 0.6 is 0 Å². The zero-order valence-electron chi connectivity index (χ0n) is 16.9. The van der Waals surface area contributed by atoms with Crippen LogP contribution < -0.4 is 14.4 Å². The molecule has 0 aromatic heterocycles. The van der Waals surface area contributed by atoms with E-state index in [9.17, 15) is 13.2 Å². The van der Waals surface area contributed by atoms with Gasteiger partial charge in [0.2, 0.25) is 10.0 Å². The smallest absolute Gasteiger partial charge is 0.251 e. The van der Waals surface area contributed by atoms with E-state index in [1.807, 2.05) is 54.6 Å². The van der Waals surface area contributed by atoms with Crippen molar-refractivity contribution in [3.05, 3.63) is 95.6 Å². The molecule has 0 aliphatic rings. The lowest BCUT2D eigenvalue weighted by atomic mass is 10.1. The third kappa shape index (κ3) is 5.39. The average molecular weight is 425 g/mol. The van der Waals surface area contributed by atoms with Crippen LogP contribution in [0.25, 0.3) is 0 Å². The Morgan fingerprint density at radius 3 is 2.20 bits per heavy atom. The van der Waals surface area contributed by atoms with Gasteiger partial charge in [-0.25, -0.2) is 8.42 Å². The van der Waals surface area contributed by atoms with E-state index in [1.165, 1.54) is 10.6 Å². The molecule has 0 bridgehead atoms. The first-order valence-corrected chi connectivity index (χ1v) is 11.2. The molecule has 156 valence electrons. The van der Waals surface area contributed by atoms with Gasteiger partial charge in [0.05, 0.1) is 25.6 Å². The Balaban J connectivity index is 1.72. The number of nitrogens with one attached hydrogen (secondary N) is 1. The van der Waals surface area contributed by atoms with Gasteiger partial charge >= 0.3 is 0 Å². The van der Waals surface area contributed by atoms with Gasteiger partial charge < -0.3 is 10.1 Å². The van der Waals surface area contributed by atoms with Crippen LogP contribution in [0.2, 0.25) is 0 Å². The minimum atomic E-state index is -3.48. The second-order valence-electron chi connectivity index (χ2n) is 6.80. The Bertz CT molecular complexity index is 1100. The number of benzene rings is 3. The van der Waals surface area contributed by atoms with E-state index < -0.39 is 10.0 Å². The van der Waals surface area contributed by atoms with Crippen LogP contribution in [0, 0.1) is 0 Å². The Labute approximate surface area is 177 Å². The van der Waals surface area contributed by atoms with Gasteiger partial charge in [0.1, 0.15) is 5.75 Å². The molecular weight excluding hydrogens is 400 g/mol. The highest BCUT2D eigenvalue weighted by Crippen LogP contribution is 2.22. The summed E-state index contributed by atoms with van der Waals surface area (Å²) in [4.78, 5) is 12.5. The standard InChI is InChI=1S/C23H24N2O4S/c1-29-22-11-7-6-10-20(22)16-24-23(26)19-12-14-21(15-13-19)25(30(2,27)28)17-18-8-4-3-5-9-18/h3-15H,16-17H2,1-2H3,(H,24,26). The van der Waals surface area contributed by atoms with E-state index >= 15 is 0 Å². The van der Waals surface area contributed by atoms with Crippen LogP contribution in [0.15, 0.2) is 78.9 Å². The lowest BCUT2D eigenvalue weighted by Crippen LogP contribution is -2.29. The number of methoxy groups -OCH3 is 1. The van der Waals surface area contributed by atoms with Crippen molar-refractivity contribution >= 4 is 21.6 Å². The van der Waals surface area contributed by atoms with Crippen molar-refractivity contribution in [2.24, 2.45) is 0 Å². The van der Waals surface area contributed by atoms with E-state index in [-0.39, 0.29) is 12.5 Å². The molecule has 0 atom stereocenters. The monoisotopic (exact) mass is 424 g/mol. The summed E-state index contributed by atoms with van der Waals surface area (Å²) in [6, 6.07) is 23.4. The molecule has 3 aromatic carbocycles. The van der Waals surface area contributed by atoms with Crippen LogP contribution in [0.4, 0.5) is 5.69 Å². The summed E-state index contributed by atoms with van der Waals surface area (Å²) >= 11 is 0. The van der Waals surface area contributed by atoms with Crippen molar-refractivity contribution in [2.45, 2.75) is 13.1 Å². The van der Waals surface area contributed by atoms with E-state index in [0.29, 0.717) is 23.5 Å². The van der Waals surface area contributed by atoms with Gasteiger partial charge in [0, 0.05) is 17.7 Å². The number of carbonyl (C=O) groups is 1. The van der Waals surface area contributed by atoms with Crippen molar-refractivity contribution in [1.29, 1.82) is 0 Å². The molecule has 0 saturated carbocycles. The molecule has 7 heteroatoms. The van der Waals surface area contributed by atoms with Gasteiger partial charge in [-0.15, -0.1) is 0 Å². The van der Waals surface area contributed by atoms with E-state index in [4.69, 9.17) is 4.74 Å². The van der Waals surface area contributed by atoms with Crippen molar-refractivity contribution < 1.29 is 17.9 Å². The minimum absolute atomic E-state index is 0.221. The molecule has 0 radical (unpaired) electrons. The minimum Gasteiger partial charge on any atom is -0.496 e. The Hall–Kier alpha value is -3.32. The summed E-state index contributed by atoms with van der Waals surface area (Å²) in [7, 11) is -1.90. The molecule has 30 heavy (non-hydrogen) atoms. The third-order valence-corrected chi connectivity index (χ3v) is 5.76. The van der Waals surface area contributed by atoms with Gasteiger partial charge in [-0.3, -0.25) is 9.10 Å². The van der Waals surface area contributed by atoms with E-state index in [0.717, 1.165) is 11.1 Å². The van der Waals surface area contributed by atoms with E-state index in [1.54, 1.807) is 31.4 Å². The average Bonchev–Trinajstić information content (AvgIpc) is 2.76. The van der Waals surface area contributed by atoms with Gasteiger partial charge in [-0.1, -0.05) is 48.5 Å². The highest BCUT2D eigenvalue weighted by Gasteiger charge is 2.18. The van der Waals surface area contributed by atoms with Crippen molar-refractivity contribution in [1.82, 2.24) is 5.32 Å². The van der Waals surface area contributed by atoms with Gasteiger partial charge in [-0.2, -0.15) is 0 Å². The molecule has 3 rings (SSSR count). The zero-order valence-corrected chi connectivity index (χ0v) is 17.7. The Morgan fingerprint density at radius 2 is 1.57 bits per heavy atom. The highest BCUT2D eigenvalue weighted by atomic mass is 32.2. The number of sulfonamides is 1. The number of hydrogen-bond acceptors (Lipinski definition) is 4. The summed E-state index contributed by atoms with van der Waals surface area (Å²) in [5.74, 6) is 0.458. The van der Waals surface area contributed by atoms with Crippen LogP contribution in [-0.4, -0.2) is 27.7 Å². The SMILES string of the molecule is COc1ccccc1CNC(=O)c1ccc(N(Cc2ccccc2)S(C)(=O)=O)cc1. The van der Waals surface area contributed by atoms with Crippen molar-refractivity contribution in [3.8, 4) is 5.75 Å². The maximum atomic E-state index is 12.5. The molecule has 0 aliphatic heterocycles. The first-order valence-electron chi connectivity index (χ1n) is 9.40.